The number of allylic oxidation sites excluding steroid dienone is 1. The molecule has 0 aliphatic carbocycles. The molecule has 0 spiro atoms. The molecule has 0 unspecified atom stereocenters. The molecule has 0 fully saturated rings. The summed E-state index contributed by atoms with van der Waals surface area (Å²) >= 11 is 3.43. The highest BCUT2D eigenvalue weighted by molar-refractivity contribution is 9.10. The summed E-state index contributed by atoms with van der Waals surface area (Å²) in [6.07, 6.45) is 2.08. The van der Waals surface area contributed by atoms with E-state index in [1.807, 2.05) is 57.2 Å². The number of benzene rings is 2. The maximum atomic E-state index is 13.5. The number of nitrogens with zero attached hydrogens (tertiary/aromatic N) is 1. The molecule has 0 N–H and O–H groups in total. The van der Waals surface area contributed by atoms with Gasteiger partial charge in [-0.3, -0.25) is 4.31 Å². The van der Waals surface area contributed by atoms with E-state index in [0.717, 1.165) is 15.6 Å². The van der Waals surface area contributed by atoms with Crippen LogP contribution in [0.5, 0.6) is 0 Å². The fourth-order valence-electron chi connectivity index (χ4n) is 3.13. The van der Waals surface area contributed by atoms with Crippen LogP contribution in [0, 0.1) is 12.8 Å². The van der Waals surface area contributed by atoms with E-state index in [1.54, 1.807) is 22.7 Å². The van der Waals surface area contributed by atoms with Crippen molar-refractivity contribution in [2.24, 2.45) is 5.92 Å². The van der Waals surface area contributed by atoms with Gasteiger partial charge in [0.15, 0.2) is 0 Å². The molecule has 144 valence electrons. The molecule has 0 amide bonds. The number of ether oxygens (including phenoxy) is 1. The van der Waals surface area contributed by atoms with Crippen molar-refractivity contribution in [2.75, 3.05) is 6.61 Å². The van der Waals surface area contributed by atoms with E-state index in [9.17, 15) is 8.42 Å². The zero-order valence-corrected chi connectivity index (χ0v) is 18.1. The minimum absolute atomic E-state index is 0.124. The molecule has 1 heterocycles. The molecule has 0 radical (unpaired) electrons. The summed E-state index contributed by atoms with van der Waals surface area (Å²) in [7, 11) is -3.67. The quantitative estimate of drug-likeness (QED) is 0.652. The third-order valence-corrected chi connectivity index (χ3v) is 7.14. The maximum Gasteiger partial charge on any atom is 0.264 e. The summed E-state index contributed by atoms with van der Waals surface area (Å²) < 4.78 is 35.2. The van der Waals surface area contributed by atoms with Crippen LogP contribution in [0.3, 0.4) is 0 Å². The fourth-order valence-corrected chi connectivity index (χ4v) is 5.17. The largest absolute Gasteiger partial charge is 0.497 e. The summed E-state index contributed by atoms with van der Waals surface area (Å²) in [4.78, 5) is 0.308. The molecule has 0 bridgehead atoms. The van der Waals surface area contributed by atoms with Crippen LogP contribution < -0.4 is 0 Å². The van der Waals surface area contributed by atoms with E-state index in [-0.39, 0.29) is 12.0 Å². The molecule has 2 aromatic rings. The van der Waals surface area contributed by atoms with Gasteiger partial charge in [-0.1, -0.05) is 59.6 Å². The number of sulfonamides is 1. The summed E-state index contributed by atoms with van der Waals surface area (Å²) in [6, 6.07) is 14.7. The van der Waals surface area contributed by atoms with Crippen LogP contribution >= 0.6 is 15.9 Å². The van der Waals surface area contributed by atoms with Gasteiger partial charge < -0.3 is 4.74 Å². The van der Waals surface area contributed by atoms with Gasteiger partial charge in [-0.05, 0) is 42.7 Å². The minimum Gasteiger partial charge on any atom is -0.497 e. The standard InChI is InChI=1S/C21H24BrNO3S/c1-15(2)21-14-26-13-19(12-17-6-8-18(22)9-7-17)23(21)27(24,25)20-10-4-16(3)5-11-20/h4-11,13,15,21H,12,14H2,1-3H3/t21-/m1/s1. The highest BCUT2D eigenvalue weighted by Crippen LogP contribution is 2.31. The molecule has 1 aliphatic rings. The first-order valence-corrected chi connectivity index (χ1v) is 11.2. The van der Waals surface area contributed by atoms with Crippen molar-refractivity contribution < 1.29 is 13.2 Å². The van der Waals surface area contributed by atoms with Crippen molar-refractivity contribution in [2.45, 2.75) is 38.1 Å². The second-order valence-corrected chi connectivity index (χ2v) is 9.90. The first-order valence-electron chi connectivity index (χ1n) is 8.95. The van der Waals surface area contributed by atoms with Crippen LogP contribution in [-0.4, -0.2) is 25.4 Å². The molecule has 0 saturated carbocycles. The Kier molecular flexibility index (Phi) is 5.96. The van der Waals surface area contributed by atoms with Gasteiger partial charge in [0.2, 0.25) is 0 Å². The molecule has 1 atom stereocenters. The molecule has 6 heteroatoms. The van der Waals surface area contributed by atoms with Crippen molar-refractivity contribution in [1.29, 1.82) is 0 Å². The Labute approximate surface area is 170 Å². The lowest BCUT2D eigenvalue weighted by Crippen LogP contribution is -2.47. The Bertz CT molecular complexity index is 919. The van der Waals surface area contributed by atoms with Crippen LogP contribution in [0.4, 0.5) is 0 Å². The van der Waals surface area contributed by atoms with Gasteiger partial charge in [-0.15, -0.1) is 0 Å². The zero-order valence-electron chi connectivity index (χ0n) is 15.7. The van der Waals surface area contributed by atoms with Crippen molar-refractivity contribution in [3.05, 3.63) is 76.1 Å². The first kappa shape index (κ1) is 20.0. The van der Waals surface area contributed by atoms with Gasteiger partial charge in [-0.2, -0.15) is 0 Å². The third-order valence-electron chi connectivity index (χ3n) is 4.72. The smallest absolute Gasteiger partial charge is 0.264 e. The number of rotatable bonds is 5. The average molecular weight is 450 g/mol. The molecular weight excluding hydrogens is 426 g/mol. The van der Waals surface area contributed by atoms with Crippen LogP contribution in [0.25, 0.3) is 0 Å². The predicted molar refractivity (Wildman–Crippen MR) is 111 cm³/mol. The summed E-state index contributed by atoms with van der Waals surface area (Å²) in [5.74, 6) is 0.124. The highest BCUT2D eigenvalue weighted by Gasteiger charge is 2.37. The van der Waals surface area contributed by atoms with E-state index in [1.165, 1.54) is 0 Å². The van der Waals surface area contributed by atoms with Crippen molar-refractivity contribution in [3.63, 3.8) is 0 Å². The van der Waals surface area contributed by atoms with E-state index < -0.39 is 10.0 Å². The van der Waals surface area contributed by atoms with E-state index in [2.05, 4.69) is 15.9 Å². The number of halogens is 1. The predicted octanol–water partition coefficient (Wildman–Crippen LogP) is 4.89. The second-order valence-electron chi connectivity index (χ2n) is 7.17. The molecule has 0 aromatic heterocycles. The van der Waals surface area contributed by atoms with Crippen LogP contribution in [0.2, 0.25) is 0 Å². The summed E-state index contributed by atoms with van der Waals surface area (Å²) in [5.41, 5.74) is 2.71. The molecule has 27 heavy (non-hydrogen) atoms. The topological polar surface area (TPSA) is 46.6 Å². The van der Waals surface area contributed by atoms with Gasteiger partial charge >= 0.3 is 0 Å². The number of hydrogen-bond acceptors (Lipinski definition) is 3. The van der Waals surface area contributed by atoms with Crippen LogP contribution in [0.1, 0.15) is 25.0 Å². The third kappa shape index (κ3) is 4.38. The Morgan fingerprint density at radius 1 is 1.11 bits per heavy atom. The molecule has 4 nitrogen and oxygen atoms in total. The van der Waals surface area contributed by atoms with Gasteiger partial charge in [0, 0.05) is 10.9 Å². The lowest BCUT2D eigenvalue weighted by molar-refractivity contribution is 0.115. The lowest BCUT2D eigenvalue weighted by atomic mass is 10.0. The van der Waals surface area contributed by atoms with Gasteiger partial charge in [0.25, 0.3) is 10.0 Å². The fraction of sp³-hybridized carbons (Fsp3) is 0.333. The molecule has 3 rings (SSSR count). The molecular formula is C21H24BrNO3S. The van der Waals surface area contributed by atoms with Gasteiger partial charge in [0.1, 0.15) is 12.9 Å². The normalized spacial score (nSPS) is 17.6. The Morgan fingerprint density at radius 2 is 1.74 bits per heavy atom. The molecule has 0 saturated heterocycles. The first-order chi connectivity index (χ1) is 12.8. The summed E-state index contributed by atoms with van der Waals surface area (Å²) in [6.45, 7) is 6.34. The van der Waals surface area contributed by atoms with Crippen LogP contribution in [0.15, 0.2) is 69.9 Å². The van der Waals surface area contributed by atoms with Crippen molar-refractivity contribution >= 4 is 26.0 Å². The average Bonchev–Trinajstić information content (AvgIpc) is 2.63. The maximum absolute atomic E-state index is 13.5. The SMILES string of the molecule is Cc1ccc(S(=O)(=O)N2C(Cc3ccc(Br)cc3)=COC[C@@H]2C(C)C)cc1. The van der Waals surface area contributed by atoms with Crippen molar-refractivity contribution in [1.82, 2.24) is 4.31 Å². The highest BCUT2D eigenvalue weighted by atomic mass is 79.9. The lowest BCUT2D eigenvalue weighted by Gasteiger charge is -2.39. The monoisotopic (exact) mass is 449 g/mol. The molecule has 2 aromatic carbocycles. The Morgan fingerprint density at radius 3 is 2.33 bits per heavy atom. The number of hydrogen-bond donors (Lipinski definition) is 0. The van der Waals surface area contributed by atoms with Crippen molar-refractivity contribution in [3.8, 4) is 0 Å². The number of aryl methyl sites for hydroxylation is 1. The second kappa shape index (κ2) is 8.07. The zero-order chi connectivity index (χ0) is 19.6. The molecule has 1 aliphatic heterocycles. The van der Waals surface area contributed by atoms with Gasteiger partial charge in [-0.25, -0.2) is 8.42 Å². The van der Waals surface area contributed by atoms with Crippen LogP contribution in [-0.2, 0) is 21.2 Å². The van der Waals surface area contributed by atoms with E-state index in [0.29, 0.717) is 23.6 Å². The Hall–Kier alpha value is -1.79. The van der Waals surface area contributed by atoms with Gasteiger partial charge in [0.05, 0.1) is 16.6 Å². The minimum atomic E-state index is -3.67. The van der Waals surface area contributed by atoms with E-state index >= 15 is 0 Å². The summed E-state index contributed by atoms with van der Waals surface area (Å²) in [5, 5.41) is 0. The Balaban J connectivity index is 2.01. The van der Waals surface area contributed by atoms with E-state index in [4.69, 9.17) is 4.74 Å².